The van der Waals surface area contributed by atoms with Crippen LogP contribution in [0.15, 0.2) is 22.7 Å². The second-order valence-electron chi connectivity index (χ2n) is 3.33. The summed E-state index contributed by atoms with van der Waals surface area (Å²) in [6.45, 7) is 1.80. The van der Waals surface area contributed by atoms with E-state index in [9.17, 15) is 4.79 Å². The minimum Gasteiger partial charge on any atom is -0.497 e. The predicted molar refractivity (Wildman–Crippen MR) is 67.8 cm³/mol. The second-order valence-corrected chi connectivity index (χ2v) is 4.18. The molecule has 5 heteroatoms. The van der Waals surface area contributed by atoms with Crippen molar-refractivity contribution in [3.05, 3.63) is 22.7 Å². The van der Waals surface area contributed by atoms with E-state index in [0.717, 1.165) is 15.9 Å². The van der Waals surface area contributed by atoms with E-state index in [1.54, 1.807) is 21.1 Å². The van der Waals surface area contributed by atoms with Gasteiger partial charge in [0, 0.05) is 17.6 Å². The monoisotopic (exact) mass is 286 g/mol. The zero-order valence-corrected chi connectivity index (χ0v) is 11.1. The summed E-state index contributed by atoms with van der Waals surface area (Å²) in [5, 5.41) is 5.68. The molecular weight excluding hydrogens is 272 g/mol. The van der Waals surface area contributed by atoms with Gasteiger partial charge in [0.05, 0.1) is 12.8 Å². The lowest BCUT2D eigenvalue weighted by molar-refractivity contribution is -0.121. The zero-order chi connectivity index (χ0) is 12.1. The summed E-state index contributed by atoms with van der Waals surface area (Å²) in [5.74, 6) is 0.685. The molecule has 4 nitrogen and oxygen atoms in total. The topological polar surface area (TPSA) is 50.4 Å². The van der Waals surface area contributed by atoms with Crippen LogP contribution in [0.4, 0.5) is 5.69 Å². The van der Waals surface area contributed by atoms with Crippen molar-refractivity contribution < 1.29 is 9.53 Å². The Kier molecular flexibility index (Phi) is 4.61. The molecule has 1 atom stereocenters. The summed E-state index contributed by atoms with van der Waals surface area (Å²) in [5.41, 5.74) is 0.829. The number of hydrogen-bond donors (Lipinski definition) is 2. The van der Waals surface area contributed by atoms with E-state index in [1.165, 1.54) is 0 Å². The Labute approximate surface area is 103 Å². The fraction of sp³-hybridized carbons (Fsp3) is 0.364. The molecule has 88 valence electrons. The van der Waals surface area contributed by atoms with Gasteiger partial charge >= 0.3 is 0 Å². The molecule has 0 heterocycles. The van der Waals surface area contributed by atoms with Crippen molar-refractivity contribution in [1.29, 1.82) is 0 Å². The number of rotatable bonds is 4. The molecule has 1 aromatic carbocycles. The van der Waals surface area contributed by atoms with Gasteiger partial charge in [-0.25, -0.2) is 0 Å². The summed E-state index contributed by atoms with van der Waals surface area (Å²) in [4.78, 5) is 11.4. The molecule has 0 saturated carbocycles. The lowest BCUT2D eigenvalue weighted by atomic mass is 10.2. The fourth-order valence-electron chi connectivity index (χ4n) is 1.26. The number of carbonyl (C=O) groups is 1. The molecule has 1 unspecified atom stereocenters. The van der Waals surface area contributed by atoms with Crippen LogP contribution < -0.4 is 15.4 Å². The van der Waals surface area contributed by atoms with Crippen molar-refractivity contribution in [1.82, 2.24) is 5.32 Å². The SMILES string of the molecule is CNC(=O)C(C)Nc1cc(OC)ccc1Br. The first-order valence-electron chi connectivity index (χ1n) is 4.90. The Morgan fingerprint density at radius 1 is 1.50 bits per heavy atom. The number of halogens is 1. The summed E-state index contributed by atoms with van der Waals surface area (Å²) in [6.07, 6.45) is 0. The van der Waals surface area contributed by atoms with Crippen LogP contribution in [0.25, 0.3) is 0 Å². The molecule has 0 aliphatic rings. The van der Waals surface area contributed by atoms with Gasteiger partial charge in [0.25, 0.3) is 0 Å². The van der Waals surface area contributed by atoms with Crippen LogP contribution in [0, 0.1) is 0 Å². The minimum absolute atomic E-state index is 0.0604. The van der Waals surface area contributed by atoms with Crippen LogP contribution in [-0.2, 0) is 4.79 Å². The largest absolute Gasteiger partial charge is 0.497 e. The standard InChI is InChI=1S/C11H15BrN2O2/c1-7(11(15)13-2)14-10-6-8(16-3)4-5-9(10)12/h4-7,14H,1-3H3,(H,13,15). The van der Waals surface area contributed by atoms with Gasteiger partial charge in [-0.2, -0.15) is 0 Å². The highest BCUT2D eigenvalue weighted by Crippen LogP contribution is 2.27. The molecule has 0 radical (unpaired) electrons. The van der Waals surface area contributed by atoms with Gasteiger partial charge in [-0.1, -0.05) is 0 Å². The van der Waals surface area contributed by atoms with E-state index < -0.39 is 0 Å². The van der Waals surface area contributed by atoms with Crippen molar-refractivity contribution in [3.63, 3.8) is 0 Å². The summed E-state index contributed by atoms with van der Waals surface area (Å²) < 4.78 is 6.01. The highest BCUT2D eigenvalue weighted by molar-refractivity contribution is 9.10. The smallest absolute Gasteiger partial charge is 0.241 e. The third-order valence-corrected chi connectivity index (χ3v) is 2.88. The third kappa shape index (κ3) is 3.13. The molecule has 0 aromatic heterocycles. The number of carbonyl (C=O) groups excluding carboxylic acids is 1. The van der Waals surface area contributed by atoms with Gasteiger partial charge in [0.1, 0.15) is 11.8 Å². The van der Waals surface area contributed by atoms with Crippen LogP contribution in [0.1, 0.15) is 6.92 Å². The number of benzene rings is 1. The van der Waals surface area contributed by atoms with Crippen LogP contribution in [0.3, 0.4) is 0 Å². The Morgan fingerprint density at radius 2 is 2.19 bits per heavy atom. The lowest BCUT2D eigenvalue weighted by Crippen LogP contribution is -2.35. The highest BCUT2D eigenvalue weighted by Gasteiger charge is 2.12. The van der Waals surface area contributed by atoms with Crippen LogP contribution in [-0.4, -0.2) is 26.1 Å². The molecule has 1 amide bonds. The van der Waals surface area contributed by atoms with Gasteiger partial charge in [-0.3, -0.25) is 4.79 Å². The van der Waals surface area contributed by atoms with E-state index in [2.05, 4.69) is 26.6 Å². The van der Waals surface area contributed by atoms with E-state index in [-0.39, 0.29) is 11.9 Å². The van der Waals surface area contributed by atoms with Crippen LogP contribution in [0.2, 0.25) is 0 Å². The second kappa shape index (κ2) is 5.75. The average Bonchev–Trinajstić information content (AvgIpc) is 2.30. The van der Waals surface area contributed by atoms with Crippen LogP contribution in [0.5, 0.6) is 5.75 Å². The number of methoxy groups -OCH3 is 1. The maximum Gasteiger partial charge on any atom is 0.241 e. The highest BCUT2D eigenvalue weighted by atomic mass is 79.9. The van der Waals surface area contributed by atoms with E-state index >= 15 is 0 Å². The third-order valence-electron chi connectivity index (χ3n) is 2.19. The van der Waals surface area contributed by atoms with Crippen molar-refractivity contribution in [2.45, 2.75) is 13.0 Å². The van der Waals surface area contributed by atoms with Gasteiger partial charge in [0.2, 0.25) is 5.91 Å². The first-order valence-corrected chi connectivity index (χ1v) is 5.69. The Bertz CT molecular complexity index is 382. The molecule has 0 spiro atoms. The Hall–Kier alpha value is -1.23. The van der Waals surface area contributed by atoms with Crippen molar-refractivity contribution in [2.75, 3.05) is 19.5 Å². The first-order chi connectivity index (χ1) is 7.58. The lowest BCUT2D eigenvalue weighted by Gasteiger charge is -2.15. The number of hydrogen-bond acceptors (Lipinski definition) is 3. The summed E-state index contributed by atoms with van der Waals surface area (Å²) in [6, 6.07) is 5.26. The molecule has 0 aliphatic heterocycles. The number of likely N-dealkylation sites (N-methyl/N-ethyl adjacent to an activating group) is 1. The Balaban J connectivity index is 2.83. The number of nitrogens with one attached hydrogen (secondary N) is 2. The van der Waals surface area contributed by atoms with E-state index in [1.807, 2.05) is 18.2 Å². The molecule has 1 rings (SSSR count). The quantitative estimate of drug-likeness (QED) is 0.890. The molecule has 16 heavy (non-hydrogen) atoms. The first kappa shape index (κ1) is 12.8. The average molecular weight is 287 g/mol. The molecule has 0 saturated heterocycles. The number of ether oxygens (including phenoxy) is 1. The van der Waals surface area contributed by atoms with Crippen LogP contribution >= 0.6 is 15.9 Å². The minimum atomic E-state index is -0.298. The molecule has 2 N–H and O–H groups in total. The van der Waals surface area contributed by atoms with Crippen molar-refractivity contribution >= 4 is 27.5 Å². The molecule has 0 bridgehead atoms. The normalized spacial score (nSPS) is 11.8. The maximum absolute atomic E-state index is 11.4. The van der Waals surface area contributed by atoms with Gasteiger partial charge < -0.3 is 15.4 Å². The summed E-state index contributed by atoms with van der Waals surface area (Å²) in [7, 11) is 3.22. The number of amides is 1. The number of anilines is 1. The van der Waals surface area contributed by atoms with Gasteiger partial charge in [0.15, 0.2) is 0 Å². The Morgan fingerprint density at radius 3 is 2.75 bits per heavy atom. The predicted octanol–water partition coefficient (Wildman–Crippen LogP) is 2.00. The van der Waals surface area contributed by atoms with Gasteiger partial charge in [-0.15, -0.1) is 0 Å². The van der Waals surface area contributed by atoms with E-state index in [4.69, 9.17) is 4.74 Å². The van der Waals surface area contributed by atoms with E-state index in [0.29, 0.717) is 0 Å². The molecule has 0 fully saturated rings. The molecule has 0 aliphatic carbocycles. The van der Waals surface area contributed by atoms with Crippen molar-refractivity contribution in [3.8, 4) is 5.75 Å². The molecular formula is C11H15BrN2O2. The van der Waals surface area contributed by atoms with Crippen molar-refractivity contribution in [2.24, 2.45) is 0 Å². The van der Waals surface area contributed by atoms with Gasteiger partial charge in [-0.05, 0) is 35.0 Å². The fourth-order valence-corrected chi connectivity index (χ4v) is 1.62. The zero-order valence-electron chi connectivity index (χ0n) is 9.50. The summed E-state index contributed by atoms with van der Waals surface area (Å²) >= 11 is 3.41. The molecule has 1 aromatic rings. The maximum atomic E-state index is 11.4.